The molecule has 4 heterocycles. The largest absolute Gasteiger partial charge is 0.276 e. The monoisotopic (exact) mass is 1110 g/mol. The zero-order valence-electron chi connectivity index (χ0n) is 46.2. The molecule has 0 radical (unpaired) electrons. The summed E-state index contributed by atoms with van der Waals surface area (Å²) in [5, 5.41) is 12.1. The van der Waals surface area contributed by atoms with Gasteiger partial charge in [-0.3, -0.25) is 4.57 Å². The summed E-state index contributed by atoms with van der Waals surface area (Å²) >= 11 is 1.82. The van der Waals surface area contributed by atoms with E-state index in [9.17, 15) is 0 Å². The average molecular weight is 1110 g/mol. The van der Waals surface area contributed by atoms with Gasteiger partial charge in [0.15, 0.2) is 29.1 Å². The molecule has 13 aromatic carbocycles. The van der Waals surface area contributed by atoms with E-state index in [4.69, 9.17) is 29.9 Å². The van der Waals surface area contributed by atoms with Crippen LogP contribution in [0.4, 0.5) is 0 Å². The maximum Gasteiger partial charge on any atom is 0.238 e. The molecular formula is C78H47N7S. The highest BCUT2D eigenvalue weighted by atomic mass is 32.1. The Morgan fingerprint density at radius 1 is 0.221 bits per heavy atom. The van der Waals surface area contributed by atoms with Gasteiger partial charge in [-0.2, -0.15) is 9.97 Å². The van der Waals surface area contributed by atoms with E-state index in [1.54, 1.807) is 0 Å². The summed E-state index contributed by atoms with van der Waals surface area (Å²) in [6, 6.07) is 101. The second kappa shape index (κ2) is 20.2. The van der Waals surface area contributed by atoms with Crippen molar-refractivity contribution in [1.82, 2.24) is 34.5 Å². The third kappa shape index (κ3) is 8.41. The fraction of sp³-hybridized carbons (Fsp3) is 0. The molecule has 86 heavy (non-hydrogen) atoms. The first-order chi connectivity index (χ1) is 42.6. The maximum absolute atomic E-state index is 5.26. The number of hydrogen-bond acceptors (Lipinski definition) is 7. The molecule has 0 saturated carbocycles. The summed E-state index contributed by atoms with van der Waals surface area (Å²) in [5.74, 6) is 3.75. The number of thiophene rings is 1. The Bertz CT molecular complexity index is 5410. The molecule has 400 valence electrons. The van der Waals surface area contributed by atoms with Crippen molar-refractivity contribution in [2.24, 2.45) is 0 Å². The van der Waals surface area contributed by atoms with E-state index in [1.165, 1.54) is 63.6 Å². The molecule has 0 amide bonds. The number of rotatable bonds is 9. The fourth-order valence-corrected chi connectivity index (χ4v) is 13.8. The van der Waals surface area contributed by atoms with E-state index in [0.29, 0.717) is 35.1 Å². The Hall–Kier alpha value is -11.3. The van der Waals surface area contributed by atoms with Gasteiger partial charge in [-0.25, -0.2) is 19.9 Å². The molecule has 0 aliphatic rings. The van der Waals surface area contributed by atoms with Gasteiger partial charge < -0.3 is 0 Å². The molecule has 0 aliphatic carbocycles. The first kappa shape index (κ1) is 49.3. The van der Waals surface area contributed by atoms with Crippen molar-refractivity contribution in [1.29, 1.82) is 0 Å². The molecule has 4 aromatic heterocycles. The third-order valence-electron chi connectivity index (χ3n) is 16.7. The van der Waals surface area contributed by atoms with E-state index < -0.39 is 0 Å². The van der Waals surface area contributed by atoms with Crippen LogP contribution in [0.5, 0.6) is 0 Å². The zero-order valence-corrected chi connectivity index (χ0v) is 47.0. The predicted molar refractivity (Wildman–Crippen MR) is 356 cm³/mol. The number of fused-ring (bicyclic) bond motifs is 13. The van der Waals surface area contributed by atoms with Crippen LogP contribution >= 0.6 is 11.3 Å². The van der Waals surface area contributed by atoms with Crippen LogP contribution in [0.3, 0.4) is 0 Å². The van der Waals surface area contributed by atoms with Crippen molar-refractivity contribution in [2.45, 2.75) is 0 Å². The molecule has 7 nitrogen and oxygen atoms in total. The van der Waals surface area contributed by atoms with Crippen molar-refractivity contribution in [3.05, 3.63) is 285 Å². The minimum absolute atomic E-state index is 0.585. The van der Waals surface area contributed by atoms with Gasteiger partial charge >= 0.3 is 0 Å². The molecule has 17 aromatic rings. The quantitative estimate of drug-likeness (QED) is 0.134. The highest BCUT2D eigenvalue weighted by Gasteiger charge is 2.22. The molecule has 17 rings (SSSR count). The van der Waals surface area contributed by atoms with E-state index in [-0.39, 0.29) is 0 Å². The summed E-state index contributed by atoms with van der Waals surface area (Å²) in [7, 11) is 0. The summed E-state index contributed by atoms with van der Waals surface area (Å²) < 4.78 is 4.67. The second-order valence-electron chi connectivity index (χ2n) is 21.8. The molecule has 0 atom stereocenters. The molecule has 0 saturated heterocycles. The second-order valence-corrected chi connectivity index (χ2v) is 22.8. The molecule has 8 heteroatoms. The van der Waals surface area contributed by atoms with Crippen LogP contribution in [-0.2, 0) is 0 Å². The van der Waals surface area contributed by atoms with Crippen LogP contribution in [0.15, 0.2) is 285 Å². The lowest BCUT2D eigenvalue weighted by Crippen LogP contribution is -2.06. The normalized spacial score (nSPS) is 11.7. The maximum atomic E-state index is 5.26. The SMILES string of the molecule is c1ccc(-c2nc(-c3ccccc3)nc(-c3cccc(-c4cccc(-c5ccc6c(c5)c5ccccc5c5ccc(-c7ccc8sc9c(ccc%10c%11ccccc%11n(-c%11nc(-c%12ccccc%12)nc(-c%12ccccc%12)n%11)c%109)c8c7)cc56)c4)c3)n2)cc1. The lowest BCUT2D eigenvalue weighted by molar-refractivity contribution is 0.955. The molecule has 0 aliphatic heterocycles. The van der Waals surface area contributed by atoms with E-state index in [1.807, 2.05) is 108 Å². The van der Waals surface area contributed by atoms with Crippen LogP contribution in [0.1, 0.15) is 0 Å². The van der Waals surface area contributed by atoms with Crippen molar-refractivity contribution in [2.75, 3.05) is 0 Å². The first-order valence-corrected chi connectivity index (χ1v) is 29.6. The van der Waals surface area contributed by atoms with Gasteiger partial charge in [-0.15, -0.1) is 11.3 Å². The summed E-state index contributed by atoms with van der Waals surface area (Å²) in [6.45, 7) is 0. The van der Waals surface area contributed by atoms with Crippen LogP contribution < -0.4 is 0 Å². The standard InChI is InChI=1S/C78H47N7S/c1-5-19-48(20-6-1)73-79-74(49-21-7-2-8-22-49)81-77(80-73)58-30-18-29-54(44-58)52-27-17-28-53(43-52)55-36-39-62-66(45-55)60-32-14-13-31-59(60)61-38-35-56(46-67(61)62)57-37-42-70-68(47-57)65-41-40-64-63-33-15-16-34-69(63)85(71(64)72(65)86-70)78-83-75(50-23-9-3-10-24-50)82-76(84-78)51-25-11-4-12-26-51/h1-47H. The van der Waals surface area contributed by atoms with Crippen LogP contribution in [0.2, 0.25) is 0 Å². The van der Waals surface area contributed by atoms with Gasteiger partial charge in [0.05, 0.1) is 15.7 Å². The Balaban J connectivity index is 0.758. The Morgan fingerprint density at radius 3 is 1.10 bits per heavy atom. The van der Waals surface area contributed by atoms with E-state index in [2.05, 4.69) is 193 Å². The van der Waals surface area contributed by atoms with Crippen LogP contribution in [0.25, 0.3) is 171 Å². The number of hydrogen-bond donors (Lipinski definition) is 0. The highest BCUT2D eigenvalue weighted by Crippen LogP contribution is 2.45. The topological polar surface area (TPSA) is 82.3 Å². The molecule has 0 spiro atoms. The molecule has 0 N–H and O–H groups in total. The molecule has 0 bridgehead atoms. The lowest BCUT2D eigenvalue weighted by Gasteiger charge is -2.14. The third-order valence-corrected chi connectivity index (χ3v) is 17.9. The molecule has 0 unspecified atom stereocenters. The average Bonchev–Trinajstić information content (AvgIpc) is 1.62. The summed E-state index contributed by atoms with van der Waals surface area (Å²) in [4.78, 5) is 30.6. The van der Waals surface area contributed by atoms with Crippen molar-refractivity contribution >= 4 is 85.6 Å². The van der Waals surface area contributed by atoms with Gasteiger partial charge in [-0.05, 0) is 108 Å². The number of aromatic nitrogens is 7. The van der Waals surface area contributed by atoms with Crippen molar-refractivity contribution in [3.8, 4) is 96.3 Å². The zero-order chi connectivity index (χ0) is 56.7. The van der Waals surface area contributed by atoms with Gasteiger partial charge in [0.2, 0.25) is 5.95 Å². The van der Waals surface area contributed by atoms with Crippen LogP contribution in [-0.4, -0.2) is 34.5 Å². The summed E-state index contributed by atoms with van der Waals surface area (Å²) in [5.41, 5.74) is 13.6. The van der Waals surface area contributed by atoms with Crippen molar-refractivity contribution in [3.63, 3.8) is 0 Å². The minimum atomic E-state index is 0.585. The number of para-hydroxylation sites is 1. The summed E-state index contributed by atoms with van der Waals surface area (Å²) in [6.07, 6.45) is 0. The van der Waals surface area contributed by atoms with E-state index >= 15 is 0 Å². The van der Waals surface area contributed by atoms with Gasteiger partial charge in [-0.1, -0.05) is 243 Å². The molecule has 0 fully saturated rings. The highest BCUT2D eigenvalue weighted by molar-refractivity contribution is 7.26. The Kier molecular flexibility index (Phi) is 11.6. The van der Waals surface area contributed by atoms with Gasteiger partial charge in [0.1, 0.15) is 0 Å². The molecular weight excluding hydrogens is 1070 g/mol. The Morgan fingerprint density at radius 2 is 0.570 bits per heavy atom. The minimum Gasteiger partial charge on any atom is -0.276 e. The van der Waals surface area contributed by atoms with Crippen LogP contribution in [0, 0.1) is 0 Å². The van der Waals surface area contributed by atoms with Gasteiger partial charge in [0, 0.05) is 54.1 Å². The first-order valence-electron chi connectivity index (χ1n) is 28.8. The van der Waals surface area contributed by atoms with E-state index in [0.717, 1.165) is 71.9 Å². The lowest BCUT2D eigenvalue weighted by atomic mass is 9.90. The fourth-order valence-electron chi connectivity index (χ4n) is 12.5. The predicted octanol–water partition coefficient (Wildman–Crippen LogP) is 20.3. The van der Waals surface area contributed by atoms with Gasteiger partial charge in [0.25, 0.3) is 0 Å². The van der Waals surface area contributed by atoms with Crippen molar-refractivity contribution < 1.29 is 0 Å². The Labute approximate surface area is 498 Å². The number of benzene rings is 13. The smallest absolute Gasteiger partial charge is 0.238 e. The number of nitrogens with zero attached hydrogens (tertiary/aromatic N) is 7.